The Hall–Kier alpha value is -1.98. The van der Waals surface area contributed by atoms with E-state index in [2.05, 4.69) is 0 Å². The molecule has 1 atom stereocenters. The van der Waals surface area contributed by atoms with Crippen LogP contribution in [0.3, 0.4) is 0 Å². The van der Waals surface area contributed by atoms with Gasteiger partial charge in [0.25, 0.3) is 5.69 Å². The highest BCUT2D eigenvalue weighted by Crippen LogP contribution is 2.23. The maximum absolute atomic E-state index is 13.7. The van der Waals surface area contributed by atoms with Crippen LogP contribution in [0.1, 0.15) is 17.2 Å². The molecule has 104 valence electrons. The Bertz CT molecular complexity index is 632. The van der Waals surface area contributed by atoms with E-state index in [0.29, 0.717) is 17.0 Å². The van der Waals surface area contributed by atoms with E-state index in [-0.39, 0.29) is 5.69 Å². The van der Waals surface area contributed by atoms with E-state index >= 15 is 0 Å². The summed E-state index contributed by atoms with van der Waals surface area (Å²) in [5, 5.41) is 11.0. The predicted octanol–water partition coefficient (Wildman–Crippen LogP) is 3.63. The fraction of sp³-hybridized carbons (Fsp3) is 0.143. The number of halogens is 2. The second kappa shape index (κ2) is 5.98. The van der Waals surface area contributed by atoms with Gasteiger partial charge in [0.1, 0.15) is 5.82 Å². The molecule has 2 rings (SSSR count). The maximum atomic E-state index is 13.7. The van der Waals surface area contributed by atoms with Crippen molar-refractivity contribution in [3.8, 4) is 0 Å². The fourth-order valence-electron chi connectivity index (χ4n) is 1.92. The summed E-state index contributed by atoms with van der Waals surface area (Å²) in [6, 6.07) is 9.68. The largest absolute Gasteiger partial charge is 0.324 e. The average molecular weight is 295 g/mol. The van der Waals surface area contributed by atoms with Crippen LogP contribution < -0.4 is 5.73 Å². The Morgan fingerprint density at radius 3 is 2.50 bits per heavy atom. The van der Waals surface area contributed by atoms with Gasteiger partial charge in [-0.3, -0.25) is 10.1 Å². The lowest BCUT2D eigenvalue weighted by atomic mass is 9.99. The summed E-state index contributed by atoms with van der Waals surface area (Å²) in [4.78, 5) is 10.1. The van der Waals surface area contributed by atoms with Crippen LogP contribution in [0, 0.1) is 15.9 Å². The van der Waals surface area contributed by atoms with Crippen LogP contribution >= 0.6 is 11.6 Å². The number of hydrogen-bond acceptors (Lipinski definition) is 3. The maximum Gasteiger partial charge on any atom is 0.269 e. The molecule has 0 bridgehead atoms. The molecular formula is C14H12ClFN2O2. The predicted molar refractivity (Wildman–Crippen MR) is 75.1 cm³/mol. The Balaban J connectivity index is 2.16. The Labute approximate surface area is 120 Å². The van der Waals surface area contributed by atoms with Crippen molar-refractivity contribution in [1.82, 2.24) is 0 Å². The van der Waals surface area contributed by atoms with Crippen molar-refractivity contribution in [2.24, 2.45) is 5.73 Å². The summed E-state index contributed by atoms with van der Waals surface area (Å²) >= 11 is 5.82. The lowest BCUT2D eigenvalue weighted by molar-refractivity contribution is -0.384. The first-order chi connectivity index (χ1) is 9.47. The highest BCUT2D eigenvalue weighted by molar-refractivity contribution is 6.30. The van der Waals surface area contributed by atoms with Crippen LogP contribution in [-0.4, -0.2) is 4.92 Å². The zero-order chi connectivity index (χ0) is 14.7. The van der Waals surface area contributed by atoms with Gasteiger partial charge in [-0.15, -0.1) is 0 Å². The van der Waals surface area contributed by atoms with Crippen molar-refractivity contribution in [3.63, 3.8) is 0 Å². The zero-order valence-electron chi connectivity index (χ0n) is 10.4. The molecule has 0 heterocycles. The molecule has 0 aliphatic carbocycles. The fourth-order valence-corrected chi connectivity index (χ4v) is 2.10. The highest BCUT2D eigenvalue weighted by Gasteiger charge is 2.13. The van der Waals surface area contributed by atoms with Crippen LogP contribution in [0.2, 0.25) is 5.02 Å². The van der Waals surface area contributed by atoms with E-state index in [0.717, 1.165) is 5.56 Å². The van der Waals surface area contributed by atoms with Gasteiger partial charge in [0, 0.05) is 28.8 Å². The smallest absolute Gasteiger partial charge is 0.269 e. The third kappa shape index (κ3) is 3.31. The molecule has 0 amide bonds. The van der Waals surface area contributed by atoms with Crippen LogP contribution in [-0.2, 0) is 6.42 Å². The second-order valence-electron chi connectivity index (χ2n) is 4.40. The van der Waals surface area contributed by atoms with Gasteiger partial charge in [0.05, 0.1) is 4.92 Å². The van der Waals surface area contributed by atoms with Crippen LogP contribution in [0.25, 0.3) is 0 Å². The summed E-state index contributed by atoms with van der Waals surface area (Å²) in [5.74, 6) is -0.413. The minimum Gasteiger partial charge on any atom is -0.324 e. The van der Waals surface area contributed by atoms with Gasteiger partial charge in [0.2, 0.25) is 0 Å². The standard InChI is InChI=1S/C14H12ClFN2O2/c15-10-3-6-13(16)12(8-10)14(17)7-9-1-4-11(5-2-9)18(19)20/h1-6,8,14H,7,17H2. The number of nitrogens with two attached hydrogens (primary N) is 1. The molecule has 0 radical (unpaired) electrons. The molecule has 2 N–H and O–H groups in total. The van der Waals surface area contributed by atoms with E-state index in [9.17, 15) is 14.5 Å². The number of nitro groups is 1. The van der Waals surface area contributed by atoms with E-state index in [1.54, 1.807) is 12.1 Å². The minimum absolute atomic E-state index is 0.0104. The van der Waals surface area contributed by atoms with Crippen molar-refractivity contribution in [2.45, 2.75) is 12.5 Å². The Morgan fingerprint density at radius 2 is 1.90 bits per heavy atom. The molecule has 0 aliphatic heterocycles. The quantitative estimate of drug-likeness (QED) is 0.691. The molecule has 2 aromatic carbocycles. The summed E-state index contributed by atoms with van der Waals surface area (Å²) in [6.07, 6.45) is 0.370. The van der Waals surface area contributed by atoms with E-state index in [1.165, 1.54) is 30.3 Å². The molecule has 0 aromatic heterocycles. The number of benzene rings is 2. The molecular weight excluding hydrogens is 283 g/mol. The van der Waals surface area contributed by atoms with Crippen LogP contribution in [0.4, 0.5) is 10.1 Å². The second-order valence-corrected chi connectivity index (χ2v) is 4.84. The zero-order valence-corrected chi connectivity index (χ0v) is 11.2. The number of nitrogens with zero attached hydrogens (tertiary/aromatic N) is 1. The van der Waals surface area contributed by atoms with Crippen LogP contribution in [0.5, 0.6) is 0 Å². The minimum atomic E-state index is -0.560. The molecule has 1 unspecified atom stereocenters. The van der Waals surface area contributed by atoms with Gasteiger partial charge in [-0.2, -0.15) is 0 Å². The summed E-state index contributed by atoms with van der Waals surface area (Å²) in [7, 11) is 0. The molecule has 0 aliphatic rings. The van der Waals surface area contributed by atoms with E-state index in [4.69, 9.17) is 17.3 Å². The average Bonchev–Trinajstić information content (AvgIpc) is 2.42. The first kappa shape index (κ1) is 14.4. The third-order valence-corrected chi connectivity index (χ3v) is 3.20. The topological polar surface area (TPSA) is 69.2 Å². The molecule has 4 nitrogen and oxygen atoms in total. The molecule has 0 saturated heterocycles. The normalized spacial score (nSPS) is 12.2. The Morgan fingerprint density at radius 1 is 1.25 bits per heavy atom. The van der Waals surface area contributed by atoms with Crippen molar-refractivity contribution >= 4 is 17.3 Å². The molecule has 0 spiro atoms. The van der Waals surface area contributed by atoms with E-state index in [1.807, 2.05) is 0 Å². The molecule has 20 heavy (non-hydrogen) atoms. The monoisotopic (exact) mass is 294 g/mol. The number of nitro benzene ring substituents is 1. The summed E-state index contributed by atoms with van der Waals surface area (Å²) in [6.45, 7) is 0. The summed E-state index contributed by atoms with van der Waals surface area (Å²) < 4.78 is 13.7. The van der Waals surface area contributed by atoms with Crippen molar-refractivity contribution in [2.75, 3.05) is 0 Å². The van der Waals surface area contributed by atoms with Gasteiger partial charge in [-0.25, -0.2) is 4.39 Å². The van der Waals surface area contributed by atoms with Crippen molar-refractivity contribution in [1.29, 1.82) is 0 Å². The number of hydrogen-bond donors (Lipinski definition) is 1. The SMILES string of the molecule is NC(Cc1ccc([N+](=O)[O-])cc1)c1cc(Cl)ccc1F. The first-order valence-corrected chi connectivity index (χ1v) is 6.29. The van der Waals surface area contributed by atoms with Gasteiger partial charge in [-0.1, -0.05) is 23.7 Å². The number of non-ortho nitro benzene ring substituents is 1. The van der Waals surface area contributed by atoms with Gasteiger partial charge in [-0.05, 0) is 30.2 Å². The van der Waals surface area contributed by atoms with Gasteiger partial charge >= 0.3 is 0 Å². The molecule has 0 fully saturated rings. The van der Waals surface area contributed by atoms with Crippen LogP contribution in [0.15, 0.2) is 42.5 Å². The summed E-state index contributed by atoms with van der Waals surface area (Å²) in [5.41, 5.74) is 7.10. The first-order valence-electron chi connectivity index (χ1n) is 5.91. The highest BCUT2D eigenvalue weighted by atomic mass is 35.5. The molecule has 2 aromatic rings. The molecule has 6 heteroatoms. The number of rotatable bonds is 4. The Kier molecular flexibility index (Phi) is 4.32. The van der Waals surface area contributed by atoms with Gasteiger partial charge < -0.3 is 5.73 Å². The van der Waals surface area contributed by atoms with Crippen molar-refractivity contribution in [3.05, 3.63) is 74.5 Å². The lowest BCUT2D eigenvalue weighted by Gasteiger charge is -2.13. The van der Waals surface area contributed by atoms with E-state index < -0.39 is 16.8 Å². The third-order valence-electron chi connectivity index (χ3n) is 2.96. The molecule has 0 saturated carbocycles. The van der Waals surface area contributed by atoms with Gasteiger partial charge in [0.15, 0.2) is 0 Å². The van der Waals surface area contributed by atoms with Crippen molar-refractivity contribution < 1.29 is 9.31 Å². The lowest BCUT2D eigenvalue weighted by Crippen LogP contribution is -2.15.